The average molecular weight is 369 g/mol. The quantitative estimate of drug-likeness (QED) is 0.783. The van der Waals surface area contributed by atoms with E-state index < -0.39 is 17.7 Å². The zero-order valence-corrected chi connectivity index (χ0v) is 14.5. The molecule has 9 heteroatoms. The van der Waals surface area contributed by atoms with Gasteiger partial charge in [-0.05, 0) is 32.8 Å². The molecular formula is C17H18F3N3O3. The Morgan fingerprint density at radius 2 is 1.88 bits per heavy atom. The Morgan fingerprint density at radius 3 is 2.35 bits per heavy atom. The molecule has 0 bridgehead atoms. The van der Waals surface area contributed by atoms with Gasteiger partial charge in [-0.1, -0.05) is 29.4 Å². The highest BCUT2D eigenvalue weighted by Crippen LogP contribution is 2.35. The molecule has 3 rings (SSSR count). The van der Waals surface area contributed by atoms with Crippen LogP contribution in [-0.4, -0.2) is 33.3 Å². The number of rotatable bonds is 2. The van der Waals surface area contributed by atoms with Crippen LogP contribution in [-0.2, 0) is 10.9 Å². The first-order valence-corrected chi connectivity index (χ1v) is 8.05. The number of hydrogen-bond acceptors (Lipinski definition) is 5. The summed E-state index contributed by atoms with van der Waals surface area (Å²) in [5, 5.41) is 3.35. The molecule has 1 saturated heterocycles. The summed E-state index contributed by atoms with van der Waals surface area (Å²) >= 11 is 0. The molecule has 140 valence electrons. The van der Waals surface area contributed by atoms with E-state index in [1.54, 1.807) is 49.9 Å². The number of hydrogen-bond donors (Lipinski definition) is 0. The van der Waals surface area contributed by atoms with Gasteiger partial charge in [-0.2, -0.15) is 18.2 Å². The van der Waals surface area contributed by atoms with Gasteiger partial charge in [0.25, 0.3) is 0 Å². The van der Waals surface area contributed by atoms with E-state index >= 15 is 0 Å². The molecule has 2 aromatic rings. The molecule has 0 aliphatic carbocycles. The molecular weight excluding hydrogens is 351 g/mol. The van der Waals surface area contributed by atoms with E-state index in [0.717, 1.165) is 12.0 Å². The number of aromatic nitrogens is 2. The van der Waals surface area contributed by atoms with Crippen LogP contribution in [0.25, 0.3) is 11.4 Å². The Hall–Kier alpha value is -2.58. The number of carbonyl (C=O) groups is 1. The fraction of sp³-hybridized carbons (Fsp3) is 0.471. The second kappa shape index (κ2) is 6.30. The van der Waals surface area contributed by atoms with Gasteiger partial charge < -0.3 is 14.2 Å². The fourth-order valence-electron chi connectivity index (χ4n) is 2.58. The number of amides is 1. The van der Waals surface area contributed by atoms with E-state index in [1.165, 1.54) is 0 Å². The van der Waals surface area contributed by atoms with Crippen molar-refractivity contribution in [2.75, 3.05) is 6.54 Å². The van der Waals surface area contributed by atoms with Crippen molar-refractivity contribution in [3.05, 3.63) is 35.7 Å². The third-order valence-corrected chi connectivity index (χ3v) is 3.87. The first-order chi connectivity index (χ1) is 12.0. The molecule has 1 aliphatic rings. The zero-order chi connectivity index (χ0) is 19.1. The zero-order valence-electron chi connectivity index (χ0n) is 14.5. The molecule has 0 spiro atoms. The molecule has 1 atom stereocenters. The Bertz CT molecular complexity index is 794. The van der Waals surface area contributed by atoms with E-state index in [0.29, 0.717) is 12.1 Å². The Morgan fingerprint density at radius 1 is 1.23 bits per heavy atom. The number of alkyl halides is 3. The second-order valence-electron chi connectivity index (χ2n) is 7.02. The lowest BCUT2D eigenvalue weighted by Crippen LogP contribution is -2.47. The van der Waals surface area contributed by atoms with Gasteiger partial charge in [0.05, 0.1) is 6.04 Å². The van der Waals surface area contributed by atoms with Crippen LogP contribution in [0.15, 0.2) is 28.8 Å². The highest BCUT2D eigenvalue weighted by molar-refractivity contribution is 5.70. The summed E-state index contributed by atoms with van der Waals surface area (Å²) in [6, 6.07) is 6.56. The van der Waals surface area contributed by atoms with Gasteiger partial charge in [-0.3, -0.25) is 0 Å². The molecule has 1 aromatic carbocycles. The van der Waals surface area contributed by atoms with E-state index in [9.17, 15) is 18.0 Å². The van der Waals surface area contributed by atoms with Crippen LogP contribution in [0.3, 0.4) is 0 Å². The first kappa shape index (κ1) is 18.2. The van der Waals surface area contributed by atoms with Gasteiger partial charge in [0, 0.05) is 12.1 Å². The maximum Gasteiger partial charge on any atom is 0.471 e. The molecule has 2 heterocycles. The molecule has 1 amide bonds. The lowest BCUT2D eigenvalue weighted by molar-refractivity contribution is -0.159. The predicted molar refractivity (Wildman–Crippen MR) is 85.0 cm³/mol. The Labute approximate surface area is 147 Å². The highest BCUT2D eigenvalue weighted by Gasteiger charge is 2.39. The van der Waals surface area contributed by atoms with Gasteiger partial charge in [0.15, 0.2) is 0 Å². The molecule has 6 nitrogen and oxygen atoms in total. The molecule has 0 saturated carbocycles. The van der Waals surface area contributed by atoms with Crippen molar-refractivity contribution >= 4 is 6.09 Å². The van der Waals surface area contributed by atoms with Crippen molar-refractivity contribution < 1.29 is 27.2 Å². The smallest absolute Gasteiger partial charge is 0.444 e. The number of likely N-dealkylation sites (tertiary alicyclic amines) is 1. The molecule has 1 aliphatic heterocycles. The van der Waals surface area contributed by atoms with Crippen LogP contribution in [0.4, 0.5) is 18.0 Å². The number of halogens is 3. The maximum atomic E-state index is 12.5. The molecule has 1 aromatic heterocycles. The molecule has 26 heavy (non-hydrogen) atoms. The number of ether oxygens (including phenoxy) is 1. The molecule has 0 N–H and O–H groups in total. The van der Waals surface area contributed by atoms with E-state index in [-0.39, 0.29) is 18.0 Å². The average Bonchev–Trinajstić information content (AvgIpc) is 2.94. The normalized spacial score (nSPS) is 17.8. The summed E-state index contributed by atoms with van der Waals surface area (Å²) in [5.74, 6) is -1.52. The van der Waals surface area contributed by atoms with E-state index in [4.69, 9.17) is 4.74 Å². The third kappa shape index (κ3) is 3.81. The summed E-state index contributed by atoms with van der Waals surface area (Å²) < 4.78 is 47.2. The van der Waals surface area contributed by atoms with Crippen molar-refractivity contribution in [3.63, 3.8) is 0 Å². The monoisotopic (exact) mass is 369 g/mol. The SMILES string of the molecule is CC(C)(C)OC(=O)N1CCC1c1ccc(-c2noc(C(F)(F)F)n2)cc1. The standard InChI is InChI=1S/C17H18F3N3O3/c1-16(2,3)25-15(24)23-9-8-12(23)10-4-6-11(7-5-10)13-21-14(26-22-13)17(18,19)20/h4-7,12H,8-9H2,1-3H3. The molecule has 0 radical (unpaired) electrons. The van der Waals surface area contributed by atoms with Gasteiger partial charge in [-0.15, -0.1) is 0 Å². The maximum absolute atomic E-state index is 12.5. The topological polar surface area (TPSA) is 68.5 Å². The van der Waals surface area contributed by atoms with Crippen LogP contribution in [0.5, 0.6) is 0 Å². The van der Waals surface area contributed by atoms with Crippen molar-refractivity contribution in [1.29, 1.82) is 0 Å². The van der Waals surface area contributed by atoms with Crippen molar-refractivity contribution in [2.45, 2.75) is 45.0 Å². The van der Waals surface area contributed by atoms with Crippen LogP contribution in [0.1, 0.15) is 44.7 Å². The largest absolute Gasteiger partial charge is 0.471 e. The number of carbonyl (C=O) groups excluding carboxylic acids is 1. The lowest BCUT2D eigenvalue weighted by Gasteiger charge is -2.41. The second-order valence-corrected chi connectivity index (χ2v) is 7.02. The van der Waals surface area contributed by atoms with E-state index in [2.05, 4.69) is 14.7 Å². The summed E-state index contributed by atoms with van der Waals surface area (Å²) in [6.45, 7) is 6.00. The Kier molecular flexibility index (Phi) is 4.41. The van der Waals surface area contributed by atoms with Gasteiger partial charge in [-0.25, -0.2) is 4.79 Å². The minimum Gasteiger partial charge on any atom is -0.444 e. The third-order valence-electron chi connectivity index (χ3n) is 3.87. The van der Waals surface area contributed by atoms with Crippen LogP contribution < -0.4 is 0 Å². The highest BCUT2D eigenvalue weighted by atomic mass is 19.4. The van der Waals surface area contributed by atoms with Crippen LogP contribution in [0, 0.1) is 0 Å². The molecule has 1 fully saturated rings. The van der Waals surface area contributed by atoms with Gasteiger partial charge >= 0.3 is 18.2 Å². The van der Waals surface area contributed by atoms with Crippen LogP contribution >= 0.6 is 0 Å². The Balaban J connectivity index is 1.72. The summed E-state index contributed by atoms with van der Waals surface area (Å²) in [6.07, 6.45) is -4.27. The summed E-state index contributed by atoms with van der Waals surface area (Å²) in [7, 11) is 0. The van der Waals surface area contributed by atoms with Crippen molar-refractivity contribution in [2.24, 2.45) is 0 Å². The van der Waals surface area contributed by atoms with E-state index in [1.807, 2.05) is 0 Å². The first-order valence-electron chi connectivity index (χ1n) is 8.05. The minimum absolute atomic E-state index is 0.116. The lowest BCUT2D eigenvalue weighted by atomic mass is 9.94. The predicted octanol–water partition coefficient (Wildman–Crippen LogP) is 4.44. The number of nitrogens with zero attached hydrogens (tertiary/aromatic N) is 3. The summed E-state index contributed by atoms with van der Waals surface area (Å²) in [4.78, 5) is 17.2. The van der Waals surface area contributed by atoms with Crippen molar-refractivity contribution in [3.8, 4) is 11.4 Å². The van der Waals surface area contributed by atoms with Gasteiger partial charge in [0.2, 0.25) is 5.82 Å². The molecule has 1 unspecified atom stereocenters. The minimum atomic E-state index is -4.68. The summed E-state index contributed by atoms with van der Waals surface area (Å²) in [5.41, 5.74) is 0.692. The van der Waals surface area contributed by atoms with Crippen LogP contribution in [0.2, 0.25) is 0 Å². The van der Waals surface area contributed by atoms with Gasteiger partial charge in [0.1, 0.15) is 5.60 Å². The van der Waals surface area contributed by atoms with Crippen molar-refractivity contribution in [1.82, 2.24) is 15.0 Å². The number of benzene rings is 1. The fourth-order valence-corrected chi connectivity index (χ4v) is 2.58.